The molecule has 1 N–H and O–H groups in total. The smallest absolute Gasteiger partial charge is 0.119 e. The van der Waals surface area contributed by atoms with E-state index in [0.29, 0.717) is 6.61 Å². The van der Waals surface area contributed by atoms with Crippen molar-refractivity contribution in [2.45, 2.75) is 32.0 Å². The van der Waals surface area contributed by atoms with Crippen LogP contribution in [0.15, 0.2) is 54.6 Å². The van der Waals surface area contributed by atoms with Gasteiger partial charge in [-0.15, -0.1) is 0 Å². The van der Waals surface area contributed by atoms with E-state index in [-0.39, 0.29) is 0 Å². The summed E-state index contributed by atoms with van der Waals surface area (Å²) in [5.74, 6) is 0.924. The van der Waals surface area contributed by atoms with Crippen molar-refractivity contribution in [2.75, 3.05) is 0 Å². The second kappa shape index (κ2) is 5.89. The first-order valence-electron chi connectivity index (χ1n) is 6.90. The lowest BCUT2D eigenvalue weighted by molar-refractivity contribution is 0.304. The largest absolute Gasteiger partial charge is 0.489 e. The molecular formula is C17H19NO. The van der Waals surface area contributed by atoms with Gasteiger partial charge in [0.2, 0.25) is 0 Å². The quantitative estimate of drug-likeness (QED) is 0.850. The van der Waals surface area contributed by atoms with Crippen molar-refractivity contribution in [1.29, 1.82) is 0 Å². The molecule has 0 bridgehead atoms. The molecule has 0 aromatic heterocycles. The van der Waals surface area contributed by atoms with Crippen molar-refractivity contribution < 1.29 is 4.74 Å². The summed E-state index contributed by atoms with van der Waals surface area (Å²) in [5.41, 5.74) is 2.60. The third kappa shape index (κ3) is 3.58. The van der Waals surface area contributed by atoms with E-state index in [1.54, 1.807) is 0 Å². The topological polar surface area (TPSA) is 21.3 Å². The number of hydrogen-bond acceptors (Lipinski definition) is 2. The van der Waals surface area contributed by atoms with Crippen LogP contribution in [0.4, 0.5) is 0 Å². The average Bonchev–Trinajstić information content (AvgIpc) is 3.29. The van der Waals surface area contributed by atoms with Gasteiger partial charge in [0.1, 0.15) is 12.4 Å². The molecule has 0 heterocycles. The highest BCUT2D eigenvalue weighted by molar-refractivity contribution is 5.28. The van der Waals surface area contributed by atoms with Crippen molar-refractivity contribution >= 4 is 0 Å². The zero-order valence-electron chi connectivity index (χ0n) is 11.0. The monoisotopic (exact) mass is 253 g/mol. The van der Waals surface area contributed by atoms with E-state index in [9.17, 15) is 0 Å². The maximum absolute atomic E-state index is 5.83. The highest BCUT2D eigenvalue weighted by Gasteiger charge is 2.20. The van der Waals surface area contributed by atoms with Gasteiger partial charge in [-0.1, -0.05) is 42.5 Å². The van der Waals surface area contributed by atoms with Gasteiger partial charge < -0.3 is 10.1 Å². The minimum atomic E-state index is 0.631. The molecule has 2 heteroatoms. The van der Waals surface area contributed by atoms with Gasteiger partial charge in [-0.25, -0.2) is 0 Å². The van der Waals surface area contributed by atoms with Crippen LogP contribution in [0, 0.1) is 0 Å². The lowest BCUT2D eigenvalue weighted by Crippen LogP contribution is -2.16. The van der Waals surface area contributed by atoms with Crippen molar-refractivity contribution in [3.05, 3.63) is 65.7 Å². The predicted octanol–water partition coefficient (Wildman–Crippen LogP) is 3.52. The third-order valence-corrected chi connectivity index (χ3v) is 3.41. The Morgan fingerprint density at radius 3 is 2.32 bits per heavy atom. The Morgan fingerprint density at radius 2 is 1.58 bits per heavy atom. The SMILES string of the molecule is c1ccc(OCc2ccccc2CNC2CC2)cc1. The van der Waals surface area contributed by atoms with Crippen LogP contribution in [0.25, 0.3) is 0 Å². The van der Waals surface area contributed by atoms with Crippen LogP contribution in [0.2, 0.25) is 0 Å². The van der Waals surface area contributed by atoms with E-state index in [0.717, 1.165) is 18.3 Å². The van der Waals surface area contributed by atoms with Crippen molar-refractivity contribution in [3.63, 3.8) is 0 Å². The summed E-state index contributed by atoms with van der Waals surface area (Å²) in [5, 5.41) is 3.56. The lowest BCUT2D eigenvalue weighted by Gasteiger charge is -2.11. The summed E-state index contributed by atoms with van der Waals surface area (Å²) < 4.78 is 5.83. The lowest BCUT2D eigenvalue weighted by atomic mass is 10.1. The van der Waals surface area contributed by atoms with E-state index in [1.165, 1.54) is 24.0 Å². The first-order valence-corrected chi connectivity index (χ1v) is 6.90. The summed E-state index contributed by atoms with van der Waals surface area (Å²) in [6.07, 6.45) is 2.64. The third-order valence-electron chi connectivity index (χ3n) is 3.41. The Kier molecular flexibility index (Phi) is 3.80. The van der Waals surface area contributed by atoms with Gasteiger partial charge in [0, 0.05) is 12.6 Å². The fourth-order valence-electron chi connectivity index (χ4n) is 2.09. The van der Waals surface area contributed by atoms with Crippen molar-refractivity contribution in [3.8, 4) is 5.75 Å². The molecule has 0 aliphatic heterocycles. The molecule has 0 spiro atoms. The van der Waals surface area contributed by atoms with Gasteiger partial charge in [-0.3, -0.25) is 0 Å². The van der Waals surface area contributed by atoms with Crippen LogP contribution in [-0.4, -0.2) is 6.04 Å². The van der Waals surface area contributed by atoms with Gasteiger partial charge >= 0.3 is 0 Å². The second-order valence-corrected chi connectivity index (χ2v) is 5.03. The second-order valence-electron chi connectivity index (χ2n) is 5.03. The molecule has 0 radical (unpaired) electrons. The summed E-state index contributed by atoms with van der Waals surface area (Å²) in [6.45, 7) is 1.57. The van der Waals surface area contributed by atoms with Crippen LogP contribution in [0.5, 0.6) is 5.75 Å². The van der Waals surface area contributed by atoms with Crippen LogP contribution in [-0.2, 0) is 13.2 Å². The standard InChI is InChI=1S/C17H19NO/c1-2-8-17(9-3-1)19-13-15-7-5-4-6-14(15)12-18-16-10-11-16/h1-9,16,18H,10-13H2. The van der Waals surface area contributed by atoms with Gasteiger partial charge in [0.15, 0.2) is 0 Å². The molecule has 1 saturated carbocycles. The molecule has 2 nitrogen and oxygen atoms in total. The highest BCUT2D eigenvalue weighted by atomic mass is 16.5. The summed E-state index contributed by atoms with van der Waals surface area (Å²) in [4.78, 5) is 0. The van der Waals surface area contributed by atoms with E-state index in [4.69, 9.17) is 4.74 Å². The molecular weight excluding hydrogens is 234 g/mol. The Morgan fingerprint density at radius 1 is 0.895 bits per heavy atom. The molecule has 19 heavy (non-hydrogen) atoms. The molecule has 0 saturated heterocycles. The maximum Gasteiger partial charge on any atom is 0.119 e. The first-order chi connectivity index (χ1) is 9.42. The Hall–Kier alpha value is -1.80. The van der Waals surface area contributed by atoms with E-state index < -0.39 is 0 Å². The van der Waals surface area contributed by atoms with E-state index >= 15 is 0 Å². The molecule has 1 aliphatic rings. The minimum absolute atomic E-state index is 0.631. The van der Waals surface area contributed by atoms with Crippen LogP contribution < -0.4 is 10.1 Å². The number of para-hydroxylation sites is 1. The van der Waals surface area contributed by atoms with Gasteiger partial charge in [0.25, 0.3) is 0 Å². The fourth-order valence-corrected chi connectivity index (χ4v) is 2.09. The molecule has 1 aliphatic carbocycles. The predicted molar refractivity (Wildman–Crippen MR) is 77.1 cm³/mol. The van der Waals surface area contributed by atoms with E-state index in [1.807, 2.05) is 30.3 Å². The summed E-state index contributed by atoms with van der Waals surface area (Å²) >= 11 is 0. The molecule has 2 aromatic rings. The Labute approximate surface area is 114 Å². The van der Waals surface area contributed by atoms with Crippen molar-refractivity contribution in [1.82, 2.24) is 5.32 Å². The fraction of sp³-hybridized carbons (Fsp3) is 0.294. The van der Waals surface area contributed by atoms with Crippen molar-refractivity contribution in [2.24, 2.45) is 0 Å². The number of hydrogen-bond donors (Lipinski definition) is 1. The van der Waals surface area contributed by atoms with Crippen LogP contribution in [0.1, 0.15) is 24.0 Å². The molecule has 1 fully saturated rings. The Balaban J connectivity index is 1.62. The Bertz CT molecular complexity index is 520. The summed E-state index contributed by atoms with van der Waals surface area (Å²) in [6, 6.07) is 19.2. The van der Waals surface area contributed by atoms with Crippen LogP contribution >= 0.6 is 0 Å². The van der Waals surface area contributed by atoms with Gasteiger partial charge in [-0.05, 0) is 36.1 Å². The van der Waals surface area contributed by atoms with Gasteiger partial charge in [-0.2, -0.15) is 0 Å². The molecule has 0 atom stereocenters. The molecule has 3 rings (SSSR count). The molecule has 98 valence electrons. The number of ether oxygens (including phenoxy) is 1. The van der Waals surface area contributed by atoms with E-state index in [2.05, 4.69) is 29.6 Å². The molecule has 0 unspecified atom stereocenters. The minimum Gasteiger partial charge on any atom is -0.489 e. The zero-order chi connectivity index (χ0) is 12.9. The zero-order valence-corrected chi connectivity index (χ0v) is 11.0. The molecule has 0 amide bonds. The highest BCUT2D eigenvalue weighted by Crippen LogP contribution is 2.20. The molecule has 2 aromatic carbocycles. The number of rotatable bonds is 6. The maximum atomic E-state index is 5.83. The normalized spacial score (nSPS) is 14.3. The van der Waals surface area contributed by atoms with Gasteiger partial charge in [0.05, 0.1) is 0 Å². The number of benzene rings is 2. The number of nitrogens with one attached hydrogen (secondary N) is 1. The summed E-state index contributed by atoms with van der Waals surface area (Å²) in [7, 11) is 0. The van der Waals surface area contributed by atoms with Crippen LogP contribution in [0.3, 0.4) is 0 Å². The average molecular weight is 253 g/mol. The first kappa shape index (κ1) is 12.2.